The van der Waals surface area contributed by atoms with E-state index in [0.29, 0.717) is 12.5 Å². The van der Waals surface area contributed by atoms with Crippen molar-refractivity contribution in [1.82, 2.24) is 24.9 Å². The van der Waals surface area contributed by atoms with Crippen molar-refractivity contribution in [1.29, 1.82) is 10.8 Å². The van der Waals surface area contributed by atoms with E-state index in [1.807, 2.05) is 23.9 Å². The van der Waals surface area contributed by atoms with Crippen LogP contribution in [0, 0.1) is 16.7 Å². The Morgan fingerprint density at radius 2 is 1.87 bits per heavy atom. The summed E-state index contributed by atoms with van der Waals surface area (Å²) in [4.78, 5) is 4.70. The first-order valence-electron chi connectivity index (χ1n) is 10.8. The number of anilines is 1. The fraction of sp³-hybridized carbons (Fsp3) is 0.435. The minimum absolute atomic E-state index is 0.120. The van der Waals surface area contributed by atoms with Gasteiger partial charge >= 0.3 is 0 Å². The number of hydrogen-bond acceptors (Lipinski definition) is 7. The molecule has 3 heterocycles. The highest BCUT2D eigenvalue weighted by atomic mass is 15.3. The van der Waals surface area contributed by atoms with Crippen LogP contribution in [0.1, 0.15) is 19.3 Å². The van der Waals surface area contributed by atoms with Crippen LogP contribution in [-0.4, -0.2) is 70.0 Å². The highest BCUT2D eigenvalue weighted by Crippen LogP contribution is 2.32. The van der Waals surface area contributed by atoms with Gasteiger partial charge in [0.05, 0.1) is 5.69 Å². The molecule has 1 unspecified atom stereocenters. The molecule has 1 aliphatic rings. The second-order valence-corrected chi connectivity index (χ2v) is 8.28. The molecule has 0 aliphatic carbocycles. The Balaban J connectivity index is 1.52. The molecule has 0 spiro atoms. The van der Waals surface area contributed by atoms with Gasteiger partial charge in [0, 0.05) is 55.6 Å². The maximum Gasteiger partial charge on any atom is 0.159 e. The topological polar surface area (TPSA) is 97.8 Å². The van der Waals surface area contributed by atoms with E-state index in [2.05, 4.69) is 50.3 Å². The molecule has 2 aromatic heterocycles. The fourth-order valence-corrected chi connectivity index (χ4v) is 4.50. The standard InChI is InChI=1S/C23H30N8/c1-29(16-17(15-25)7-11-24)18-9-13-31(14-10-18)23-20-6-4-3-5-19(20)22(27-28-23)21-8-12-26-30(21)2/h3-6,8,11-12,15,17-18,24-25H,7,9-10,13-14,16H2,1-2H3. The number of nitrogens with zero attached hydrogens (tertiary/aromatic N) is 6. The molecule has 0 amide bonds. The molecular formula is C23H30N8. The first-order chi connectivity index (χ1) is 15.1. The molecule has 1 fully saturated rings. The maximum absolute atomic E-state index is 7.59. The van der Waals surface area contributed by atoms with Crippen LogP contribution >= 0.6 is 0 Å². The lowest BCUT2D eigenvalue weighted by atomic mass is 10.00. The van der Waals surface area contributed by atoms with Gasteiger partial charge in [-0.3, -0.25) is 4.68 Å². The van der Waals surface area contributed by atoms with E-state index in [0.717, 1.165) is 60.5 Å². The van der Waals surface area contributed by atoms with Crippen molar-refractivity contribution in [2.75, 3.05) is 31.6 Å². The molecule has 1 aliphatic heterocycles. The number of aryl methyl sites for hydroxylation is 1. The van der Waals surface area contributed by atoms with Crippen molar-refractivity contribution in [3.8, 4) is 11.4 Å². The van der Waals surface area contributed by atoms with Gasteiger partial charge in [-0.05, 0) is 44.8 Å². The van der Waals surface area contributed by atoms with E-state index < -0.39 is 0 Å². The quantitative estimate of drug-likeness (QED) is 0.547. The van der Waals surface area contributed by atoms with Crippen LogP contribution in [0.25, 0.3) is 22.2 Å². The normalized spacial score (nSPS) is 16.0. The van der Waals surface area contributed by atoms with Crippen LogP contribution in [0.15, 0.2) is 36.5 Å². The first kappa shape index (κ1) is 21.1. The van der Waals surface area contributed by atoms with Gasteiger partial charge in [-0.1, -0.05) is 24.3 Å². The monoisotopic (exact) mass is 418 g/mol. The lowest BCUT2D eigenvalue weighted by Crippen LogP contribution is -2.45. The van der Waals surface area contributed by atoms with E-state index in [9.17, 15) is 0 Å². The third-order valence-electron chi connectivity index (χ3n) is 6.30. The van der Waals surface area contributed by atoms with Crippen molar-refractivity contribution in [2.24, 2.45) is 13.0 Å². The molecule has 0 bridgehead atoms. The van der Waals surface area contributed by atoms with Crippen molar-refractivity contribution >= 4 is 29.0 Å². The van der Waals surface area contributed by atoms with E-state index in [1.165, 1.54) is 12.4 Å². The molecule has 0 radical (unpaired) electrons. The van der Waals surface area contributed by atoms with E-state index in [-0.39, 0.29) is 5.92 Å². The summed E-state index contributed by atoms with van der Waals surface area (Å²) in [6, 6.07) is 10.8. The minimum Gasteiger partial charge on any atom is -0.354 e. The van der Waals surface area contributed by atoms with Crippen LogP contribution in [0.4, 0.5) is 5.82 Å². The number of benzene rings is 1. The van der Waals surface area contributed by atoms with Crippen molar-refractivity contribution < 1.29 is 0 Å². The minimum atomic E-state index is 0.120. The number of piperidine rings is 1. The highest BCUT2D eigenvalue weighted by molar-refractivity contribution is 5.99. The molecule has 3 aromatic rings. The van der Waals surface area contributed by atoms with E-state index in [1.54, 1.807) is 6.20 Å². The number of hydrogen-bond donors (Lipinski definition) is 2. The van der Waals surface area contributed by atoms with Gasteiger partial charge in [0.25, 0.3) is 0 Å². The van der Waals surface area contributed by atoms with Crippen LogP contribution < -0.4 is 4.90 Å². The summed E-state index contributed by atoms with van der Waals surface area (Å²) in [7, 11) is 4.06. The van der Waals surface area contributed by atoms with Crippen molar-refractivity contribution in [3.05, 3.63) is 36.5 Å². The number of aromatic nitrogens is 4. The summed E-state index contributed by atoms with van der Waals surface area (Å²) in [5.74, 6) is 1.07. The fourth-order valence-electron chi connectivity index (χ4n) is 4.50. The molecule has 2 N–H and O–H groups in total. The van der Waals surface area contributed by atoms with Crippen LogP contribution in [0.3, 0.4) is 0 Å². The smallest absolute Gasteiger partial charge is 0.159 e. The molecule has 1 atom stereocenters. The van der Waals surface area contributed by atoms with Gasteiger partial charge in [-0.2, -0.15) is 5.10 Å². The molecule has 1 aromatic carbocycles. The average molecular weight is 419 g/mol. The maximum atomic E-state index is 7.59. The molecule has 4 rings (SSSR count). The SMILES string of the molecule is CN(CC(C=N)CC=N)C1CCN(c2nnc(-c3ccnn3C)c3ccccc23)CC1. The van der Waals surface area contributed by atoms with Crippen LogP contribution in [0.5, 0.6) is 0 Å². The van der Waals surface area contributed by atoms with Crippen molar-refractivity contribution in [3.63, 3.8) is 0 Å². The summed E-state index contributed by atoms with van der Waals surface area (Å²) < 4.78 is 1.83. The second kappa shape index (κ2) is 9.34. The van der Waals surface area contributed by atoms with Gasteiger partial charge in [0.1, 0.15) is 5.69 Å². The summed E-state index contributed by atoms with van der Waals surface area (Å²) in [5, 5.41) is 30.7. The third kappa shape index (κ3) is 4.34. The van der Waals surface area contributed by atoms with Crippen LogP contribution in [0.2, 0.25) is 0 Å². The van der Waals surface area contributed by atoms with Crippen molar-refractivity contribution in [2.45, 2.75) is 25.3 Å². The largest absolute Gasteiger partial charge is 0.354 e. The Hall–Kier alpha value is -3.13. The zero-order valence-electron chi connectivity index (χ0n) is 18.2. The number of rotatable bonds is 8. The lowest BCUT2D eigenvalue weighted by molar-refractivity contribution is 0.196. The Morgan fingerprint density at radius 1 is 1.13 bits per heavy atom. The Bertz CT molecular complexity index is 1050. The van der Waals surface area contributed by atoms with E-state index >= 15 is 0 Å². The molecule has 162 valence electrons. The molecule has 1 saturated heterocycles. The zero-order valence-corrected chi connectivity index (χ0v) is 18.2. The Morgan fingerprint density at radius 3 is 2.52 bits per heavy atom. The molecule has 8 heteroatoms. The molecule has 31 heavy (non-hydrogen) atoms. The third-order valence-corrected chi connectivity index (χ3v) is 6.30. The van der Waals surface area contributed by atoms with Gasteiger partial charge in [0.2, 0.25) is 0 Å². The van der Waals surface area contributed by atoms with Gasteiger partial charge < -0.3 is 20.6 Å². The summed E-state index contributed by atoms with van der Waals surface area (Å²) in [5.41, 5.74) is 1.82. The Kier molecular flexibility index (Phi) is 6.36. The predicted molar refractivity (Wildman–Crippen MR) is 125 cm³/mol. The second-order valence-electron chi connectivity index (χ2n) is 8.28. The van der Waals surface area contributed by atoms with E-state index in [4.69, 9.17) is 10.8 Å². The zero-order chi connectivity index (χ0) is 21.8. The average Bonchev–Trinajstić information content (AvgIpc) is 3.23. The highest BCUT2D eigenvalue weighted by Gasteiger charge is 2.26. The lowest BCUT2D eigenvalue weighted by Gasteiger charge is -2.38. The molecule has 8 nitrogen and oxygen atoms in total. The van der Waals surface area contributed by atoms with Gasteiger partial charge in [0.15, 0.2) is 5.82 Å². The predicted octanol–water partition coefficient (Wildman–Crippen LogP) is 3.24. The van der Waals surface area contributed by atoms with Gasteiger partial charge in [-0.15, -0.1) is 10.2 Å². The van der Waals surface area contributed by atoms with Crippen LogP contribution in [-0.2, 0) is 7.05 Å². The number of nitrogens with one attached hydrogen (secondary N) is 2. The first-order valence-corrected chi connectivity index (χ1v) is 10.8. The summed E-state index contributed by atoms with van der Waals surface area (Å²) in [6.45, 7) is 2.68. The Labute approximate surface area is 182 Å². The summed E-state index contributed by atoms with van der Waals surface area (Å²) >= 11 is 0. The summed E-state index contributed by atoms with van der Waals surface area (Å²) in [6.07, 6.45) is 7.40. The van der Waals surface area contributed by atoms with Gasteiger partial charge in [-0.25, -0.2) is 0 Å². The molecule has 0 saturated carbocycles. The number of fused-ring (bicyclic) bond motifs is 1. The molecular weight excluding hydrogens is 388 g/mol.